The number of esters is 1. The quantitative estimate of drug-likeness (QED) is 0.564. The van der Waals surface area contributed by atoms with Crippen molar-refractivity contribution in [3.05, 3.63) is 45.3 Å². The van der Waals surface area contributed by atoms with Crippen LogP contribution in [0, 0.1) is 6.92 Å². The fraction of sp³-hybridized carbons (Fsp3) is 0.333. The van der Waals surface area contributed by atoms with Crippen LogP contribution in [0.2, 0.25) is 5.02 Å². The number of halogens is 2. The molecule has 7 nitrogen and oxygen atoms in total. The number of hydrogen-bond donors (Lipinski definition) is 1. The van der Waals surface area contributed by atoms with Crippen molar-refractivity contribution in [1.29, 1.82) is 0 Å². The molecule has 0 radical (unpaired) electrons. The molecule has 146 valence electrons. The Bertz CT molecular complexity index is 822. The highest BCUT2D eigenvalue weighted by Gasteiger charge is 2.28. The van der Waals surface area contributed by atoms with Gasteiger partial charge in [-0.3, -0.25) is 0 Å². The van der Waals surface area contributed by atoms with Crippen LogP contribution >= 0.6 is 27.5 Å². The van der Waals surface area contributed by atoms with Crippen LogP contribution in [0.15, 0.2) is 33.2 Å². The Morgan fingerprint density at radius 1 is 1.22 bits per heavy atom. The molecular formula is C18H19BrClNO6. The molecule has 0 aliphatic carbocycles. The van der Waals surface area contributed by atoms with E-state index in [1.807, 2.05) is 0 Å². The van der Waals surface area contributed by atoms with Gasteiger partial charge >= 0.3 is 12.1 Å². The molecule has 1 aromatic carbocycles. The second kappa shape index (κ2) is 9.66. The molecule has 2 rings (SSSR count). The van der Waals surface area contributed by atoms with Crippen molar-refractivity contribution in [2.75, 3.05) is 18.5 Å². The minimum atomic E-state index is -0.984. The minimum absolute atomic E-state index is 0.154. The van der Waals surface area contributed by atoms with E-state index in [1.165, 1.54) is 6.07 Å². The van der Waals surface area contributed by atoms with Crippen LogP contribution in [0.1, 0.15) is 31.4 Å². The van der Waals surface area contributed by atoms with Crippen LogP contribution in [0.3, 0.4) is 0 Å². The molecule has 0 bridgehead atoms. The van der Waals surface area contributed by atoms with Crippen LogP contribution < -0.4 is 10.1 Å². The van der Waals surface area contributed by atoms with Crippen molar-refractivity contribution in [3.8, 4) is 5.75 Å². The second-order valence-corrected chi connectivity index (χ2v) is 6.63. The summed E-state index contributed by atoms with van der Waals surface area (Å²) in [7, 11) is 0. The van der Waals surface area contributed by atoms with Crippen LogP contribution in [-0.2, 0) is 14.3 Å². The standard InChI is InChI=1S/C18H19BrClNO6/c1-4-24-17(22)16(21-13-7-6-11(19)8-12(13)20)15-9-14(10(3)26-15)27-18(23)25-5-2/h6-9,16,21H,4-5H2,1-3H3. The van der Waals surface area contributed by atoms with E-state index in [1.54, 1.807) is 39.0 Å². The third-order valence-electron chi connectivity index (χ3n) is 3.38. The SMILES string of the molecule is CCOC(=O)Oc1cc(C(Nc2ccc(Br)cc2Cl)C(=O)OCC)oc1C. The molecule has 27 heavy (non-hydrogen) atoms. The summed E-state index contributed by atoms with van der Waals surface area (Å²) in [4.78, 5) is 24.0. The van der Waals surface area contributed by atoms with Gasteiger partial charge in [-0.1, -0.05) is 27.5 Å². The summed E-state index contributed by atoms with van der Waals surface area (Å²) in [5.41, 5.74) is 0.514. The zero-order chi connectivity index (χ0) is 20.0. The molecular weight excluding hydrogens is 442 g/mol. The summed E-state index contributed by atoms with van der Waals surface area (Å²) in [5, 5.41) is 3.41. The molecule has 0 saturated carbocycles. The van der Waals surface area contributed by atoms with Gasteiger partial charge in [0.25, 0.3) is 0 Å². The molecule has 0 aliphatic heterocycles. The number of aryl methyl sites for hydroxylation is 1. The van der Waals surface area contributed by atoms with Gasteiger partial charge in [-0.15, -0.1) is 0 Å². The van der Waals surface area contributed by atoms with E-state index in [-0.39, 0.29) is 24.7 Å². The van der Waals surface area contributed by atoms with E-state index >= 15 is 0 Å². The number of hydrogen-bond acceptors (Lipinski definition) is 7. The van der Waals surface area contributed by atoms with Gasteiger partial charge in [0.15, 0.2) is 11.8 Å². The topological polar surface area (TPSA) is 87.0 Å². The van der Waals surface area contributed by atoms with Gasteiger partial charge in [0, 0.05) is 10.5 Å². The predicted molar refractivity (Wildman–Crippen MR) is 103 cm³/mol. The van der Waals surface area contributed by atoms with Gasteiger partial charge in [-0.2, -0.15) is 0 Å². The van der Waals surface area contributed by atoms with E-state index in [0.717, 1.165) is 4.47 Å². The number of ether oxygens (including phenoxy) is 3. The molecule has 0 fully saturated rings. The number of carbonyl (C=O) groups excluding carboxylic acids is 2. The summed E-state index contributed by atoms with van der Waals surface area (Å²) < 4.78 is 21.3. The van der Waals surface area contributed by atoms with Crippen molar-refractivity contribution in [2.24, 2.45) is 0 Å². The number of furan rings is 1. The Morgan fingerprint density at radius 2 is 1.93 bits per heavy atom. The van der Waals surface area contributed by atoms with E-state index in [9.17, 15) is 9.59 Å². The Kier molecular flexibility index (Phi) is 7.55. The fourth-order valence-electron chi connectivity index (χ4n) is 2.20. The molecule has 1 unspecified atom stereocenters. The van der Waals surface area contributed by atoms with Crippen LogP contribution in [-0.4, -0.2) is 25.3 Å². The lowest BCUT2D eigenvalue weighted by Gasteiger charge is -2.17. The maximum atomic E-state index is 12.4. The van der Waals surface area contributed by atoms with Crippen molar-refractivity contribution in [3.63, 3.8) is 0 Å². The first-order chi connectivity index (χ1) is 12.8. The van der Waals surface area contributed by atoms with Crippen molar-refractivity contribution < 1.29 is 28.2 Å². The van der Waals surface area contributed by atoms with Crippen molar-refractivity contribution in [1.82, 2.24) is 0 Å². The van der Waals surface area contributed by atoms with Gasteiger partial charge in [0.2, 0.25) is 0 Å². The Balaban J connectivity index is 2.31. The summed E-state index contributed by atoms with van der Waals surface area (Å²) in [5.74, 6) is 0.120. The minimum Gasteiger partial charge on any atom is -0.464 e. The maximum absolute atomic E-state index is 12.4. The summed E-state index contributed by atoms with van der Waals surface area (Å²) in [6.45, 7) is 5.34. The lowest BCUT2D eigenvalue weighted by atomic mass is 10.2. The lowest BCUT2D eigenvalue weighted by Crippen LogP contribution is -2.23. The number of carbonyl (C=O) groups is 2. The number of anilines is 1. The number of nitrogens with one attached hydrogen (secondary N) is 1. The number of rotatable bonds is 7. The molecule has 1 heterocycles. The zero-order valence-corrected chi connectivity index (χ0v) is 17.3. The van der Waals surface area contributed by atoms with E-state index in [4.69, 9.17) is 30.2 Å². The predicted octanol–water partition coefficient (Wildman–Crippen LogP) is 5.26. The monoisotopic (exact) mass is 459 g/mol. The molecule has 0 amide bonds. The molecule has 0 aliphatic rings. The Morgan fingerprint density at radius 3 is 2.56 bits per heavy atom. The molecule has 2 aromatic rings. The van der Waals surface area contributed by atoms with Crippen molar-refractivity contribution in [2.45, 2.75) is 26.8 Å². The molecule has 1 atom stereocenters. The second-order valence-electron chi connectivity index (χ2n) is 5.31. The average Bonchev–Trinajstić information content (AvgIpc) is 2.94. The molecule has 1 aromatic heterocycles. The molecule has 9 heteroatoms. The maximum Gasteiger partial charge on any atom is 0.513 e. The van der Waals surface area contributed by atoms with Gasteiger partial charge in [0.05, 0.1) is 23.9 Å². The zero-order valence-electron chi connectivity index (χ0n) is 15.0. The largest absolute Gasteiger partial charge is 0.513 e. The Hall–Kier alpha value is -2.19. The van der Waals surface area contributed by atoms with Gasteiger partial charge in [0.1, 0.15) is 11.5 Å². The first-order valence-electron chi connectivity index (χ1n) is 8.18. The first-order valence-corrected chi connectivity index (χ1v) is 9.35. The summed E-state index contributed by atoms with van der Waals surface area (Å²) in [6.07, 6.45) is -0.857. The highest BCUT2D eigenvalue weighted by molar-refractivity contribution is 9.10. The highest BCUT2D eigenvalue weighted by atomic mass is 79.9. The van der Waals surface area contributed by atoms with Crippen LogP contribution in [0.25, 0.3) is 0 Å². The average molecular weight is 461 g/mol. The smallest absolute Gasteiger partial charge is 0.464 e. The summed E-state index contributed by atoms with van der Waals surface area (Å²) >= 11 is 9.55. The normalized spacial score (nSPS) is 11.6. The van der Waals surface area contributed by atoms with Gasteiger partial charge < -0.3 is 23.9 Å². The Labute approximate surface area is 170 Å². The molecule has 0 spiro atoms. The van der Waals surface area contributed by atoms with E-state index in [2.05, 4.69) is 21.2 Å². The van der Waals surface area contributed by atoms with Crippen LogP contribution in [0.4, 0.5) is 10.5 Å². The highest BCUT2D eigenvalue weighted by Crippen LogP contribution is 2.33. The lowest BCUT2D eigenvalue weighted by molar-refractivity contribution is -0.144. The van der Waals surface area contributed by atoms with Crippen molar-refractivity contribution >= 4 is 45.3 Å². The van der Waals surface area contributed by atoms with Gasteiger partial charge in [-0.25, -0.2) is 9.59 Å². The van der Waals surface area contributed by atoms with E-state index in [0.29, 0.717) is 16.5 Å². The van der Waals surface area contributed by atoms with E-state index < -0.39 is 18.2 Å². The van der Waals surface area contributed by atoms with Gasteiger partial charge in [-0.05, 0) is 39.0 Å². The first kappa shape index (κ1) is 21.1. The van der Waals surface area contributed by atoms with Crippen LogP contribution in [0.5, 0.6) is 5.75 Å². The third-order valence-corrected chi connectivity index (χ3v) is 4.19. The number of benzene rings is 1. The molecule has 1 N–H and O–H groups in total. The summed E-state index contributed by atoms with van der Waals surface area (Å²) in [6, 6.07) is 5.63. The molecule has 0 saturated heterocycles. The fourth-order valence-corrected chi connectivity index (χ4v) is 2.93. The third kappa shape index (κ3) is 5.64.